The molecule has 0 radical (unpaired) electrons. The van der Waals surface area contributed by atoms with Crippen LogP contribution in [0, 0.1) is 0 Å². The predicted molar refractivity (Wildman–Crippen MR) is 70.9 cm³/mol. The van der Waals surface area contributed by atoms with Gasteiger partial charge in [-0.3, -0.25) is 4.79 Å². The SMILES string of the molecule is O=C(O)CC[n+]1ccc(-c2ccn3nccc3n2)cc1. The van der Waals surface area contributed by atoms with Crippen molar-refractivity contribution in [3.05, 3.63) is 49.1 Å². The summed E-state index contributed by atoms with van der Waals surface area (Å²) in [5.41, 5.74) is 2.65. The number of nitrogens with zero attached hydrogens (tertiary/aromatic N) is 4. The first-order chi connectivity index (χ1) is 9.72. The molecule has 100 valence electrons. The van der Waals surface area contributed by atoms with Crippen molar-refractivity contribution in [1.29, 1.82) is 0 Å². The van der Waals surface area contributed by atoms with Crippen LogP contribution >= 0.6 is 0 Å². The van der Waals surface area contributed by atoms with E-state index < -0.39 is 5.97 Å². The van der Waals surface area contributed by atoms with Crippen molar-refractivity contribution in [2.75, 3.05) is 0 Å². The zero-order chi connectivity index (χ0) is 13.9. The summed E-state index contributed by atoms with van der Waals surface area (Å²) in [5, 5.41) is 12.8. The topological polar surface area (TPSA) is 71.4 Å². The third-order valence-corrected chi connectivity index (χ3v) is 3.03. The zero-order valence-corrected chi connectivity index (χ0v) is 10.7. The van der Waals surface area contributed by atoms with Gasteiger partial charge in [-0.1, -0.05) is 0 Å². The molecule has 0 bridgehead atoms. The molecule has 20 heavy (non-hydrogen) atoms. The summed E-state index contributed by atoms with van der Waals surface area (Å²) < 4.78 is 3.55. The highest BCUT2D eigenvalue weighted by Crippen LogP contribution is 2.15. The number of aryl methyl sites for hydroxylation is 1. The normalized spacial score (nSPS) is 10.8. The summed E-state index contributed by atoms with van der Waals surface area (Å²) in [6.07, 6.45) is 7.41. The number of aliphatic carboxylic acids is 1. The van der Waals surface area contributed by atoms with Gasteiger partial charge in [-0.2, -0.15) is 5.10 Å². The van der Waals surface area contributed by atoms with Gasteiger partial charge in [0.25, 0.3) is 0 Å². The Labute approximate surface area is 114 Å². The molecule has 0 unspecified atom stereocenters. The lowest BCUT2D eigenvalue weighted by atomic mass is 10.2. The lowest BCUT2D eigenvalue weighted by Gasteiger charge is -2.01. The van der Waals surface area contributed by atoms with Crippen LogP contribution in [-0.4, -0.2) is 25.7 Å². The molecule has 0 spiro atoms. The van der Waals surface area contributed by atoms with Gasteiger partial charge < -0.3 is 5.11 Å². The molecule has 0 aliphatic carbocycles. The van der Waals surface area contributed by atoms with Gasteiger partial charge in [0.1, 0.15) is 6.42 Å². The maximum atomic E-state index is 10.5. The van der Waals surface area contributed by atoms with E-state index in [2.05, 4.69) is 10.1 Å². The molecule has 3 aromatic rings. The van der Waals surface area contributed by atoms with Crippen LogP contribution in [0.15, 0.2) is 49.1 Å². The van der Waals surface area contributed by atoms with Gasteiger partial charge in [0, 0.05) is 30.0 Å². The third-order valence-electron chi connectivity index (χ3n) is 3.03. The number of carbonyl (C=O) groups is 1. The second-order valence-corrected chi connectivity index (χ2v) is 4.42. The lowest BCUT2D eigenvalue weighted by molar-refractivity contribution is -0.695. The number of carboxylic acids is 1. The quantitative estimate of drug-likeness (QED) is 0.721. The Hall–Kier alpha value is -2.76. The van der Waals surface area contributed by atoms with Crippen molar-refractivity contribution in [2.45, 2.75) is 13.0 Å². The van der Waals surface area contributed by atoms with Gasteiger partial charge in [-0.15, -0.1) is 0 Å². The van der Waals surface area contributed by atoms with E-state index in [-0.39, 0.29) is 6.42 Å². The number of pyridine rings is 1. The van der Waals surface area contributed by atoms with Crippen LogP contribution in [0.1, 0.15) is 6.42 Å². The highest BCUT2D eigenvalue weighted by atomic mass is 16.4. The number of hydrogen-bond acceptors (Lipinski definition) is 3. The Kier molecular flexibility index (Phi) is 3.12. The molecule has 0 aliphatic rings. The predicted octanol–water partition coefficient (Wildman–Crippen LogP) is 1.16. The highest BCUT2D eigenvalue weighted by Gasteiger charge is 2.07. The van der Waals surface area contributed by atoms with Gasteiger partial charge in [0.2, 0.25) is 0 Å². The molecule has 0 amide bonds. The van der Waals surface area contributed by atoms with E-state index in [4.69, 9.17) is 5.11 Å². The Balaban J connectivity index is 1.84. The highest BCUT2D eigenvalue weighted by molar-refractivity contribution is 5.66. The van der Waals surface area contributed by atoms with E-state index in [1.807, 2.05) is 47.4 Å². The van der Waals surface area contributed by atoms with Crippen LogP contribution in [0.25, 0.3) is 16.9 Å². The number of rotatable bonds is 4. The van der Waals surface area contributed by atoms with Crippen molar-refractivity contribution in [2.24, 2.45) is 0 Å². The molecule has 1 N–H and O–H groups in total. The third kappa shape index (κ3) is 2.49. The van der Waals surface area contributed by atoms with Crippen molar-refractivity contribution in [3.8, 4) is 11.3 Å². The molecule has 6 nitrogen and oxygen atoms in total. The van der Waals surface area contributed by atoms with E-state index in [0.717, 1.165) is 16.9 Å². The van der Waals surface area contributed by atoms with E-state index in [9.17, 15) is 4.79 Å². The van der Waals surface area contributed by atoms with E-state index in [0.29, 0.717) is 6.54 Å². The first-order valence-electron chi connectivity index (χ1n) is 6.24. The summed E-state index contributed by atoms with van der Waals surface area (Å²) in [7, 11) is 0. The van der Waals surface area contributed by atoms with Crippen LogP contribution in [0.2, 0.25) is 0 Å². The first kappa shape index (κ1) is 12.3. The van der Waals surface area contributed by atoms with Crippen LogP contribution in [0.3, 0.4) is 0 Å². The van der Waals surface area contributed by atoms with Crippen LogP contribution in [0.5, 0.6) is 0 Å². The Morgan fingerprint density at radius 3 is 2.80 bits per heavy atom. The van der Waals surface area contributed by atoms with Crippen molar-refractivity contribution in [3.63, 3.8) is 0 Å². The summed E-state index contributed by atoms with van der Waals surface area (Å²) in [6.45, 7) is 0.463. The molecule has 0 atom stereocenters. The number of hydrogen-bond donors (Lipinski definition) is 1. The molecule has 3 heterocycles. The molecular weight excluding hydrogens is 256 g/mol. The largest absolute Gasteiger partial charge is 0.481 e. The Morgan fingerprint density at radius 2 is 2.05 bits per heavy atom. The summed E-state index contributed by atoms with van der Waals surface area (Å²) in [5.74, 6) is -0.797. The van der Waals surface area contributed by atoms with Gasteiger partial charge in [0.05, 0.1) is 11.9 Å². The van der Waals surface area contributed by atoms with Gasteiger partial charge in [-0.05, 0) is 6.07 Å². The fraction of sp³-hybridized carbons (Fsp3) is 0.143. The molecule has 3 rings (SSSR count). The Morgan fingerprint density at radius 1 is 1.25 bits per heavy atom. The van der Waals surface area contributed by atoms with Crippen molar-refractivity contribution >= 4 is 11.6 Å². The number of fused-ring (bicyclic) bond motifs is 1. The minimum atomic E-state index is -0.797. The number of carboxylic acid groups (broad SMARTS) is 1. The second kappa shape index (κ2) is 5.08. The standard InChI is InChI=1S/C14H12N4O2/c19-14(20)5-9-17-7-2-11(3-8-17)12-4-10-18-13(16-12)1-6-15-18/h1-4,6-8,10H,5,9H2/p+1. The molecule has 6 heteroatoms. The zero-order valence-electron chi connectivity index (χ0n) is 10.7. The summed E-state index contributed by atoms with van der Waals surface area (Å²) in [6, 6.07) is 7.60. The molecule has 0 saturated carbocycles. The van der Waals surface area contributed by atoms with E-state index >= 15 is 0 Å². The van der Waals surface area contributed by atoms with Crippen LogP contribution in [0.4, 0.5) is 0 Å². The lowest BCUT2D eigenvalue weighted by Crippen LogP contribution is -2.33. The number of aromatic nitrogens is 4. The molecular formula is C14H13N4O2+. The molecule has 0 fully saturated rings. The average molecular weight is 269 g/mol. The van der Waals surface area contributed by atoms with Gasteiger partial charge in [0.15, 0.2) is 24.6 Å². The second-order valence-electron chi connectivity index (χ2n) is 4.42. The summed E-state index contributed by atoms with van der Waals surface area (Å²) in [4.78, 5) is 15.0. The maximum absolute atomic E-state index is 10.5. The monoisotopic (exact) mass is 269 g/mol. The Bertz CT molecular complexity index is 749. The fourth-order valence-corrected chi connectivity index (χ4v) is 1.98. The van der Waals surface area contributed by atoms with Crippen molar-refractivity contribution < 1.29 is 14.5 Å². The van der Waals surface area contributed by atoms with E-state index in [1.165, 1.54) is 0 Å². The maximum Gasteiger partial charge on any atom is 0.309 e. The minimum absolute atomic E-state index is 0.115. The van der Waals surface area contributed by atoms with E-state index in [1.54, 1.807) is 10.7 Å². The minimum Gasteiger partial charge on any atom is -0.481 e. The average Bonchev–Trinajstić information content (AvgIpc) is 2.93. The van der Waals surface area contributed by atoms with Crippen LogP contribution in [-0.2, 0) is 11.3 Å². The molecule has 0 aromatic carbocycles. The summed E-state index contributed by atoms with van der Waals surface area (Å²) >= 11 is 0. The fourth-order valence-electron chi connectivity index (χ4n) is 1.98. The smallest absolute Gasteiger partial charge is 0.309 e. The molecule has 0 aliphatic heterocycles. The van der Waals surface area contributed by atoms with Crippen LogP contribution < -0.4 is 4.57 Å². The van der Waals surface area contributed by atoms with Gasteiger partial charge >= 0.3 is 5.97 Å². The van der Waals surface area contributed by atoms with Gasteiger partial charge in [-0.25, -0.2) is 14.1 Å². The van der Waals surface area contributed by atoms with Crippen molar-refractivity contribution in [1.82, 2.24) is 14.6 Å². The molecule has 3 aromatic heterocycles. The first-order valence-corrected chi connectivity index (χ1v) is 6.24. The molecule has 0 saturated heterocycles.